The Morgan fingerprint density at radius 2 is 0.265 bits per heavy atom. The van der Waals surface area contributed by atoms with Crippen molar-refractivity contribution in [2.24, 2.45) is 0 Å². The maximum absolute atomic E-state index is 3.00. The van der Waals surface area contributed by atoms with Crippen LogP contribution in [0.15, 0.2) is 52.6 Å². The predicted molar refractivity (Wildman–Crippen MR) is 195 cm³/mol. The molecule has 0 unspecified atom stereocenters. The molecule has 34 heavy (non-hydrogen) atoms. The van der Waals surface area contributed by atoms with E-state index in [9.17, 15) is 0 Å². The fraction of sp³-hybridized carbons (Fsp3) is 0.765. The molecule has 0 aromatic carbocycles. The highest BCUT2D eigenvalue weighted by molar-refractivity contribution is 4.23. The maximum atomic E-state index is 3.00. The summed E-state index contributed by atoms with van der Waals surface area (Å²) in [4.78, 5) is 0. The van der Waals surface area contributed by atoms with Crippen molar-refractivity contribution in [3.63, 3.8) is 0 Å². The van der Waals surface area contributed by atoms with Crippen LogP contribution in [-0.2, 0) is 0 Å². The predicted octanol–water partition coefficient (Wildman–Crippen LogP) is 16.8. The second kappa shape index (κ2) is 1950. The first-order chi connectivity index (χ1) is 15.1. The normalized spacial score (nSPS) is 3.82. The van der Waals surface area contributed by atoms with Crippen LogP contribution >= 0.6 is 0 Å². The van der Waals surface area contributed by atoms with Crippen LogP contribution in [0.4, 0.5) is 0 Å². The molecule has 0 spiro atoms. The van der Waals surface area contributed by atoms with E-state index in [1.165, 1.54) is 32.1 Å². The summed E-state index contributed by atoms with van der Waals surface area (Å²) in [5, 5.41) is 0. The van der Waals surface area contributed by atoms with E-state index < -0.39 is 0 Å². The van der Waals surface area contributed by atoms with Crippen molar-refractivity contribution >= 4 is 0 Å². The lowest BCUT2D eigenvalue weighted by Gasteiger charge is -1.48. The van der Waals surface area contributed by atoms with E-state index in [4.69, 9.17) is 0 Å². The second-order valence-electron chi connectivity index (χ2n) is 3.54. The van der Waals surface area contributed by atoms with Gasteiger partial charge in [-0.15, -0.1) is 52.6 Å². The Morgan fingerprint density at radius 1 is 0.265 bits per heavy atom. The van der Waals surface area contributed by atoms with Gasteiger partial charge in [0, 0.05) is 2.85 Å². The molecule has 0 saturated heterocycles. The first-order valence-corrected chi connectivity index (χ1v) is 13.1. The first kappa shape index (κ1) is 117. The topological polar surface area (TPSA) is 0 Å². The SMILES string of the molecule is C.C.C.C=C.C=C.C=C.C=C.CC.CC.CC.CC.CCC.CCC.CCC.CCC.CCC.[2HH].[2HH]. The van der Waals surface area contributed by atoms with Crippen LogP contribution in [0.1, 0.15) is 182 Å². The zero-order valence-electron chi connectivity index (χ0n) is 27.2. The van der Waals surface area contributed by atoms with Crippen molar-refractivity contribution in [3.05, 3.63) is 52.6 Å². The molecule has 0 saturated carbocycles. The Labute approximate surface area is 234 Å². The van der Waals surface area contributed by atoms with Crippen LogP contribution in [0, 0.1) is 0 Å². The van der Waals surface area contributed by atoms with Crippen molar-refractivity contribution in [1.29, 1.82) is 0 Å². The molecule has 0 atom stereocenters. The molecule has 0 nitrogen and oxygen atoms in total. The van der Waals surface area contributed by atoms with Gasteiger partial charge in [-0.2, -0.15) is 0 Å². The zero-order chi connectivity index (χ0) is 29.5. The Morgan fingerprint density at radius 3 is 0.265 bits per heavy atom. The van der Waals surface area contributed by atoms with Crippen molar-refractivity contribution in [2.75, 3.05) is 0 Å². The first-order valence-electron chi connectivity index (χ1n) is 13.1. The third kappa shape index (κ3) is 25700. The van der Waals surface area contributed by atoms with Gasteiger partial charge in [0.2, 0.25) is 0 Å². The van der Waals surface area contributed by atoms with E-state index in [1.54, 1.807) is 0 Å². The van der Waals surface area contributed by atoms with Crippen molar-refractivity contribution in [1.82, 2.24) is 0 Å². The molecule has 0 aliphatic heterocycles. The highest BCUT2D eigenvalue weighted by Crippen LogP contribution is 1.57. The Balaban J connectivity index is -0.00000000606. The van der Waals surface area contributed by atoms with Crippen molar-refractivity contribution < 1.29 is 2.85 Å². The summed E-state index contributed by atoms with van der Waals surface area (Å²) in [7, 11) is 0. The minimum atomic E-state index is 0. The summed E-state index contributed by atoms with van der Waals surface area (Å²) in [5.41, 5.74) is 0. The fourth-order valence-electron chi connectivity index (χ4n) is 0. The van der Waals surface area contributed by atoms with Crippen LogP contribution in [0.2, 0.25) is 0 Å². The van der Waals surface area contributed by atoms with Crippen LogP contribution in [0.5, 0.6) is 0 Å². The molecule has 0 N–H and O–H groups in total. The summed E-state index contributed by atoms with van der Waals surface area (Å²) < 4.78 is 0. The van der Waals surface area contributed by atoms with Gasteiger partial charge in [-0.1, -0.05) is 179 Å². The second-order valence-corrected chi connectivity index (χ2v) is 3.54. The van der Waals surface area contributed by atoms with Crippen LogP contribution in [0.3, 0.4) is 0 Å². The number of hydrogen-bond donors (Lipinski definition) is 0. The lowest BCUT2D eigenvalue weighted by Crippen LogP contribution is -1.27. The van der Waals surface area contributed by atoms with E-state index in [0.29, 0.717) is 0 Å². The van der Waals surface area contributed by atoms with Gasteiger partial charge in [-0.25, -0.2) is 0 Å². The number of rotatable bonds is 0. The average molecular weight is 507 g/mol. The van der Waals surface area contributed by atoms with E-state index in [0.717, 1.165) is 0 Å². The van der Waals surface area contributed by atoms with E-state index in [-0.39, 0.29) is 25.1 Å². The Kier molecular flexibility index (Phi) is 6720. The van der Waals surface area contributed by atoms with Gasteiger partial charge in [-0.05, 0) is 0 Å². The van der Waals surface area contributed by atoms with Crippen molar-refractivity contribution in [3.8, 4) is 0 Å². The van der Waals surface area contributed by atoms with Crippen molar-refractivity contribution in [2.45, 2.75) is 179 Å². The molecule has 0 fully saturated rings. The molecule has 0 heterocycles. The summed E-state index contributed by atoms with van der Waals surface area (Å²) >= 11 is 0. The molecule has 232 valence electrons. The molecule has 0 heteroatoms. The lowest BCUT2D eigenvalue weighted by atomic mass is 10.6. The fourth-order valence-corrected chi connectivity index (χ4v) is 0. The molecule has 0 radical (unpaired) electrons. The minimum absolute atomic E-state index is 0. The summed E-state index contributed by atoms with van der Waals surface area (Å²) in [6.07, 6.45) is 6.25. The number of hydrogen-bond acceptors (Lipinski definition) is 0. The van der Waals surface area contributed by atoms with Gasteiger partial charge in [0.05, 0.1) is 0 Å². The maximum Gasteiger partial charge on any atom is 0 e. The monoisotopic (exact) mass is 507 g/mol. The highest BCUT2D eigenvalue weighted by atomic mass is 13.4. The highest BCUT2D eigenvalue weighted by Gasteiger charge is 1.36. The molecule has 0 aromatic rings. The molecule has 0 aliphatic rings. The third-order valence-corrected chi connectivity index (χ3v) is 0. The van der Waals surface area contributed by atoms with Crippen LogP contribution in [0.25, 0.3) is 0 Å². The van der Waals surface area contributed by atoms with Gasteiger partial charge < -0.3 is 0 Å². The molecular weight excluding hydrogens is 408 g/mol. The smallest absolute Gasteiger partial charge is 0 e. The van der Waals surface area contributed by atoms with Crippen LogP contribution in [-0.4, -0.2) is 0 Å². The van der Waals surface area contributed by atoms with Gasteiger partial charge in [0.25, 0.3) is 0 Å². The molecule has 0 aliphatic carbocycles. The van der Waals surface area contributed by atoms with Crippen LogP contribution < -0.4 is 0 Å². The largest absolute Gasteiger partial charge is 0.106 e. The van der Waals surface area contributed by atoms with Gasteiger partial charge in [-0.3, -0.25) is 0 Å². The Hall–Kier alpha value is -1.04. The third-order valence-electron chi connectivity index (χ3n) is 0. The summed E-state index contributed by atoms with van der Waals surface area (Å²) in [5.74, 6) is 0. The minimum Gasteiger partial charge on any atom is -0.106 e. The quantitative estimate of drug-likeness (QED) is 0.286. The van der Waals surface area contributed by atoms with Gasteiger partial charge in [0.1, 0.15) is 0 Å². The molecular formula is C34H96. The summed E-state index contributed by atoms with van der Waals surface area (Å²) in [6.45, 7) is 61.2. The zero-order valence-corrected chi connectivity index (χ0v) is 27.2. The molecule has 0 amide bonds. The van der Waals surface area contributed by atoms with E-state index in [2.05, 4.69) is 122 Å². The molecule has 0 rings (SSSR count). The standard InChI is InChI=1S/5C3H8.4C2H6.4C2H4.3CH4.2H2/c5*1-3-2;8*1-2;;;;;/h5*3H2,1-2H3;4*1-2H3;4*1-2H2;3*1H4;2*1H/i;;;;;;;;;;;;;;;;2*1+1. The van der Waals surface area contributed by atoms with E-state index >= 15 is 0 Å². The molecule has 0 bridgehead atoms. The van der Waals surface area contributed by atoms with Gasteiger partial charge >= 0.3 is 0 Å². The average Bonchev–Trinajstić information content (AvgIpc) is 2.86. The van der Waals surface area contributed by atoms with E-state index in [1.807, 2.05) is 55.4 Å². The lowest BCUT2D eigenvalue weighted by molar-refractivity contribution is 1.09. The summed E-state index contributed by atoms with van der Waals surface area (Å²) in [6, 6.07) is 0. The van der Waals surface area contributed by atoms with Gasteiger partial charge in [0.15, 0.2) is 0 Å². The Bertz CT molecular complexity index is 48.6. The molecule has 0 aromatic heterocycles.